The van der Waals surface area contributed by atoms with E-state index >= 15 is 0 Å². The molecule has 1 aliphatic rings. The first-order valence-electron chi connectivity index (χ1n) is 6.00. The molecule has 0 unspecified atom stereocenters. The summed E-state index contributed by atoms with van der Waals surface area (Å²) in [5.41, 5.74) is 1.58. The van der Waals surface area contributed by atoms with E-state index in [-0.39, 0.29) is 11.9 Å². The fraction of sp³-hybridized carbons (Fsp3) is 0.462. The molecule has 1 fully saturated rings. The summed E-state index contributed by atoms with van der Waals surface area (Å²) in [5.74, 6) is 1.71. The van der Waals surface area contributed by atoms with Crippen LogP contribution in [0.15, 0.2) is 24.3 Å². The van der Waals surface area contributed by atoms with Gasteiger partial charge in [0.15, 0.2) is 0 Å². The second-order valence-corrected chi connectivity index (χ2v) is 6.39. The topological polar surface area (TPSA) is 46.2 Å². The Morgan fingerprint density at radius 3 is 2.78 bits per heavy atom. The van der Waals surface area contributed by atoms with Crippen molar-refractivity contribution in [3.63, 3.8) is 0 Å². The molecule has 3 nitrogen and oxygen atoms in total. The predicted octanol–water partition coefficient (Wildman–Crippen LogP) is 2.07. The first kappa shape index (κ1) is 13.6. The lowest BCUT2D eigenvalue weighted by molar-refractivity contribution is 0.0934. The predicted molar refractivity (Wildman–Crippen MR) is 74.4 cm³/mol. The number of carbonyl (C=O) groups is 1. The molecule has 1 aliphatic heterocycles. The number of benzene rings is 1. The number of hydrogen-bond acceptors (Lipinski definition) is 2. The van der Waals surface area contributed by atoms with Crippen LogP contribution >= 0.6 is 11.6 Å². The molecule has 0 aliphatic carbocycles. The van der Waals surface area contributed by atoms with Crippen LogP contribution in [0, 0.1) is 0 Å². The first-order valence-corrected chi connectivity index (χ1v) is 8.02. The van der Waals surface area contributed by atoms with Crippen LogP contribution in [-0.4, -0.2) is 27.7 Å². The van der Waals surface area contributed by atoms with Crippen LogP contribution in [-0.2, 0) is 16.7 Å². The van der Waals surface area contributed by atoms with E-state index in [2.05, 4.69) is 5.32 Å². The minimum Gasteiger partial charge on any atom is -0.349 e. The molecule has 0 radical (unpaired) electrons. The number of alkyl halides is 1. The Bertz CT molecular complexity index is 454. The minimum atomic E-state index is -0.694. The van der Waals surface area contributed by atoms with E-state index in [9.17, 15) is 9.00 Å². The summed E-state index contributed by atoms with van der Waals surface area (Å²) in [4.78, 5) is 12.0. The lowest BCUT2D eigenvalue weighted by Crippen LogP contribution is -2.39. The zero-order valence-corrected chi connectivity index (χ0v) is 11.6. The van der Waals surface area contributed by atoms with E-state index in [1.54, 1.807) is 6.07 Å². The van der Waals surface area contributed by atoms with Crippen LogP contribution in [0.5, 0.6) is 0 Å². The van der Waals surface area contributed by atoms with Crippen molar-refractivity contribution in [1.82, 2.24) is 5.32 Å². The van der Waals surface area contributed by atoms with Gasteiger partial charge in [-0.15, -0.1) is 11.6 Å². The monoisotopic (exact) mass is 285 g/mol. The molecule has 2 rings (SSSR count). The fourth-order valence-corrected chi connectivity index (χ4v) is 3.47. The molecule has 1 N–H and O–H groups in total. The van der Waals surface area contributed by atoms with E-state index in [1.807, 2.05) is 18.2 Å². The molecule has 0 spiro atoms. The molecule has 98 valence electrons. The Labute approximate surface area is 114 Å². The van der Waals surface area contributed by atoms with Gasteiger partial charge in [-0.05, 0) is 30.5 Å². The standard InChI is InChI=1S/C13H16ClNO2S/c14-9-10-2-1-3-11(8-10)13(16)15-12-4-6-18(17)7-5-12/h1-3,8,12H,4-7,9H2,(H,15,16). The summed E-state index contributed by atoms with van der Waals surface area (Å²) in [7, 11) is -0.694. The summed E-state index contributed by atoms with van der Waals surface area (Å²) in [6.45, 7) is 0. The zero-order chi connectivity index (χ0) is 13.0. The molecule has 5 heteroatoms. The summed E-state index contributed by atoms with van der Waals surface area (Å²) in [6.07, 6.45) is 1.60. The normalized spacial score (nSPS) is 23.6. The van der Waals surface area contributed by atoms with Crippen LogP contribution in [0.1, 0.15) is 28.8 Å². The Morgan fingerprint density at radius 2 is 2.11 bits per heavy atom. The molecule has 0 aromatic heterocycles. The highest BCUT2D eigenvalue weighted by Crippen LogP contribution is 2.12. The van der Waals surface area contributed by atoms with E-state index in [1.165, 1.54) is 0 Å². The van der Waals surface area contributed by atoms with Crippen molar-refractivity contribution in [2.45, 2.75) is 24.8 Å². The van der Waals surface area contributed by atoms with Crippen LogP contribution < -0.4 is 5.32 Å². The number of carbonyl (C=O) groups excluding carboxylic acids is 1. The third-order valence-corrected chi connectivity index (χ3v) is 4.76. The molecular formula is C13H16ClNO2S. The van der Waals surface area contributed by atoms with Gasteiger partial charge in [0, 0.05) is 39.8 Å². The van der Waals surface area contributed by atoms with Gasteiger partial charge in [-0.3, -0.25) is 9.00 Å². The van der Waals surface area contributed by atoms with Gasteiger partial charge in [-0.2, -0.15) is 0 Å². The lowest BCUT2D eigenvalue weighted by atomic mass is 10.1. The molecule has 0 saturated carbocycles. The van der Waals surface area contributed by atoms with Crippen molar-refractivity contribution < 1.29 is 9.00 Å². The highest BCUT2D eigenvalue weighted by Gasteiger charge is 2.20. The van der Waals surface area contributed by atoms with Crippen molar-refractivity contribution in [1.29, 1.82) is 0 Å². The number of rotatable bonds is 3. The molecule has 1 amide bonds. The summed E-state index contributed by atoms with van der Waals surface area (Å²) < 4.78 is 11.2. The van der Waals surface area contributed by atoms with Gasteiger partial charge in [0.2, 0.25) is 0 Å². The lowest BCUT2D eigenvalue weighted by Gasteiger charge is -2.22. The van der Waals surface area contributed by atoms with Crippen molar-refractivity contribution in [3.05, 3.63) is 35.4 Å². The van der Waals surface area contributed by atoms with Crippen molar-refractivity contribution in [2.24, 2.45) is 0 Å². The van der Waals surface area contributed by atoms with Crippen molar-refractivity contribution in [2.75, 3.05) is 11.5 Å². The Balaban J connectivity index is 1.96. The molecule has 18 heavy (non-hydrogen) atoms. The Kier molecular flexibility index (Phi) is 4.78. The van der Waals surface area contributed by atoms with E-state index in [4.69, 9.17) is 11.6 Å². The maximum Gasteiger partial charge on any atom is 0.251 e. The second kappa shape index (κ2) is 6.34. The number of nitrogens with one attached hydrogen (secondary N) is 1. The first-order chi connectivity index (χ1) is 8.69. The molecule has 0 bridgehead atoms. The summed E-state index contributed by atoms with van der Waals surface area (Å²) in [5, 5.41) is 2.99. The van der Waals surface area contributed by atoms with Crippen LogP contribution in [0.2, 0.25) is 0 Å². The maximum absolute atomic E-state index is 12.0. The smallest absolute Gasteiger partial charge is 0.251 e. The number of hydrogen-bond donors (Lipinski definition) is 1. The van der Waals surface area contributed by atoms with Crippen LogP contribution in [0.25, 0.3) is 0 Å². The highest BCUT2D eigenvalue weighted by molar-refractivity contribution is 7.85. The highest BCUT2D eigenvalue weighted by atomic mass is 35.5. The van der Waals surface area contributed by atoms with E-state index in [0.717, 1.165) is 18.4 Å². The minimum absolute atomic E-state index is 0.0698. The molecule has 1 saturated heterocycles. The molecule has 1 heterocycles. The van der Waals surface area contributed by atoms with Crippen molar-refractivity contribution in [3.8, 4) is 0 Å². The van der Waals surface area contributed by atoms with Crippen LogP contribution in [0.3, 0.4) is 0 Å². The SMILES string of the molecule is O=C(NC1CCS(=O)CC1)c1cccc(CCl)c1. The van der Waals surface area contributed by atoms with E-state index < -0.39 is 10.8 Å². The average molecular weight is 286 g/mol. The molecule has 1 aromatic rings. The fourth-order valence-electron chi connectivity index (χ4n) is 2.00. The maximum atomic E-state index is 12.0. The van der Waals surface area contributed by atoms with Gasteiger partial charge in [-0.25, -0.2) is 0 Å². The van der Waals surface area contributed by atoms with Crippen molar-refractivity contribution >= 4 is 28.3 Å². The quantitative estimate of drug-likeness (QED) is 0.864. The van der Waals surface area contributed by atoms with E-state index in [0.29, 0.717) is 22.9 Å². The number of halogens is 1. The van der Waals surface area contributed by atoms with Gasteiger partial charge in [0.1, 0.15) is 0 Å². The second-order valence-electron chi connectivity index (χ2n) is 4.43. The van der Waals surface area contributed by atoms with Gasteiger partial charge in [0.25, 0.3) is 5.91 Å². The summed E-state index contributed by atoms with van der Waals surface area (Å²) in [6, 6.07) is 7.47. The third kappa shape index (κ3) is 3.56. The Hall–Kier alpha value is -0.870. The third-order valence-electron chi connectivity index (χ3n) is 3.07. The van der Waals surface area contributed by atoms with Gasteiger partial charge >= 0.3 is 0 Å². The van der Waals surface area contributed by atoms with Gasteiger partial charge in [0.05, 0.1) is 0 Å². The largest absolute Gasteiger partial charge is 0.349 e. The molecule has 0 atom stereocenters. The number of amides is 1. The molecular weight excluding hydrogens is 270 g/mol. The molecule has 1 aromatic carbocycles. The Morgan fingerprint density at radius 1 is 1.39 bits per heavy atom. The summed E-state index contributed by atoms with van der Waals surface area (Å²) >= 11 is 5.75. The van der Waals surface area contributed by atoms with Gasteiger partial charge < -0.3 is 5.32 Å². The van der Waals surface area contributed by atoms with Crippen LogP contribution in [0.4, 0.5) is 0 Å². The average Bonchev–Trinajstić information content (AvgIpc) is 2.41. The zero-order valence-electron chi connectivity index (χ0n) is 10.0. The van der Waals surface area contributed by atoms with Gasteiger partial charge in [-0.1, -0.05) is 12.1 Å².